The summed E-state index contributed by atoms with van der Waals surface area (Å²) >= 11 is 6.10. The van der Waals surface area contributed by atoms with Gasteiger partial charge in [0, 0.05) is 28.7 Å². The molecule has 0 radical (unpaired) electrons. The molecule has 0 saturated heterocycles. The van der Waals surface area contributed by atoms with Gasteiger partial charge in [-0.25, -0.2) is 0 Å². The number of esters is 1. The maximum Gasteiger partial charge on any atom is 0.309 e. The maximum atomic E-state index is 11.7. The molecule has 0 N–H and O–H groups in total. The lowest BCUT2D eigenvalue weighted by molar-refractivity contribution is -0.145. The van der Waals surface area contributed by atoms with Crippen LogP contribution in [0.5, 0.6) is 0 Å². The molecule has 3 nitrogen and oxygen atoms in total. The Labute approximate surface area is 117 Å². The summed E-state index contributed by atoms with van der Waals surface area (Å²) in [4.78, 5) is 11.7. The Morgan fingerprint density at radius 2 is 2.26 bits per heavy atom. The Balaban J connectivity index is 2.13. The second kappa shape index (κ2) is 4.57. The minimum Gasteiger partial charge on any atom is -0.469 e. The number of carbonyl (C=O) groups excluding carboxylic acids is 1. The van der Waals surface area contributed by atoms with Crippen molar-refractivity contribution in [1.29, 1.82) is 0 Å². The van der Waals surface area contributed by atoms with Crippen LogP contribution in [0.1, 0.15) is 17.7 Å². The highest BCUT2D eigenvalue weighted by Gasteiger charge is 2.29. The van der Waals surface area contributed by atoms with Crippen molar-refractivity contribution in [3.8, 4) is 0 Å². The fourth-order valence-electron chi connectivity index (χ4n) is 3.12. The average molecular weight is 278 g/mol. The number of ether oxygens (including phenoxy) is 1. The standard InChI is InChI=1S/C15H16ClNO2/c1-17-13-5-3-9(15(18)19-2)7-11(13)12-8-10(16)4-6-14(12)17/h4,6,8-9H,3,5,7H2,1-2H3. The van der Waals surface area contributed by atoms with Crippen LogP contribution in [0.15, 0.2) is 18.2 Å². The van der Waals surface area contributed by atoms with Gasteiger partial charge in [0.15, 0.2) is 0 Å². The number of halogens is 1. The van der Waals surface area contributed by atoms with Crippen molar-refractivity contribution in [1.82, 2.24) is 4.57 Å². The SMILES string of the molecule is COC(=O)C1CCc2c(c3cc(Cl)ccc3n2C)C1. The van der Waals surface area contributed by atoms with Crippen LogP contribution in [0.4, 0.5) is 0 Å². The Morgan fingerprint density at radius 3 is 3.00 bits per heavy atom. The molecule has 1 aliphatic rings. The first-order valence-electron chi connectivity index (χ1n) is 6.45. The first kappa shape index (κ1) is 12.5. The average Bonchev–Trinajstić information content (AvgIpc) is 2.70. The van der Waals surface area contributed by atoms with E-state index in [9.17, 15) is 4.79 Å². The summed E-state index contributed by atoms with van der Waals surface area (Å²) in [6.45, 7) is 0. The molecule has 0 amide bonds. The molecule has 100 valence electrons. The van der Waals surface area contributed by atoms with Gasteiger partial charge in [-0.05, 0) is 43.0 Å². The molecule has 2 aromatic rings. The first-order chi connectivity index (χ1) is 9.11. The number of carbonyl (C=O) groups is 1. The predicted octanol–water partition coefficient (Wildman–Crippen LogP) is 3.11. The second-order valence-corrected chi connectivity index (χ2v) is 5.55. The topological polar surface area (TPSA) is 31.2 Å². The zero-order chi connectivity index (χ0) is 13.6. The molecule has 0 aliphatic heterocycles. The molecule has 1 aromatic heterocycles. The zero-order valence-electron chi connectivity index (χ0n) is 11.1. The van der Waals surface area contributed by atoms with E-state index in [1.807, 2.05) is 18.2 Å². The van der Waals surface area contributed by atoms with Crippen LogP contribution in [0.25, 0.3) is 10.9 Å². The number of aryl methyl sites for hydroxylation is 1. The van der Waals surface area contributed by atoms with Crippen LogP contribution in [-0.4, -0.2) is 17.6 Å². The van der Waals surface area contributed by atoms with Gasteiger partial charge >= 0.3 is 5.97 Å². The number of rotatable bonds is 1. The lowest BCUT2D eigenvalue weighted by Gasteiger charge is -2.21. The van der Waals surface area contributed by atoms with Gasteiger partial charge in [-0.3, -0.25) is 4.79 Å². The highest BCUT2D eigenvalue weighted by atomic mass is 35.5. The van der Waals surface area contributed by atoms with Gasteiger partial charge in [0.2, 0.25) is 0 Å². The van der Waals surface area contributed by atoms with Gasteiger partial charge in [-0.1, -0.05) is 11.6 Å². The van der Waals surface area contributed by atoms with Gasteiger partial charge in [0.25, 0.3) is 0 Å². The van der Waals surface area contributed by atoms with Crippen LogP contribution in [0.2, 0.25) is 5.02 Å². The summed E-state index contributed by atoms with van der Waals surface area (Å²) < 4.78 is 7.09. The summed E-state index contributed by atoms with van der Waals surface area (Å²) in [6, 6.07) is 5.95. The van der Waals surface area contributed by atoms with E-state index in [1.54, 1.807) is 0 Å². The van der Waals surface area contributed by atoms with Crippen molar-refractivity contribution >= 4 is 28.5 Å². The van der Waals surface area contributed by atoms with E-state index in [2.05, 4.69) is 11.6 Å². The van der Waals surface area contributed by atoms with E-state index >= 15 is 0 Å². The number of nitrogens with zero attached hydrogens (tertiary/aromatic N) is 1. The molecule has 1 unspecified atom stereocenters. The van der Waals surface area contributed by atoms with Crippen molar-refractivity contribution in [2.24, 2.45) is 13.0 Å². The van der Waals surface area contributed by atoms with Crippen molar-refractivity contribution in [3.63, 3.8) is 0 Å². The quantitative estimate of drug-likeness (QED) is 0.750. The molecule has 0 bridgehead atoms. The molecule has 1 aliphatic carbocycles. The molecule has 4 heteroatoms. The molecule has 1 heterocycles. The lowest BCUT2D eigenvalue weighted by Crippen LogP contribution is -2.24. The van der Waals surface area contributed by atoms with Gasteiger partial charge in [-0.15, -0.1) is 0 Å². The van der Waals surface area contributed by atoms with Gasteiger partial charge in [0.05, 0.1) is 13.0 Å². The number of hydrogen-bond acceptors (Lipinski definition) is 2. The molecular weight excluding hydrogens is 262 g/mol. The normalized spacial score (nSPS) is 18.4. The predicted molar refractivity (Wildman–Crippen MR) is 75.5 cm³/mol. The number of hydrogen-bond donors (Lipinski definition) is 0. The number of aromatic nitrogens is 1. The molecule has 1 atom stereocenters. The molecule has 3 rings (SSSR count). The van der Waals surface area contributed by atoms with E-state index in [-0.39, 0.29) is 11.9 Å². The Bertz CT molecular complexity index is 660. The lowest BCUT2D eigenvalue weighted by atomic mass is 9.86. The maximum absolute atomic E-state index is 11.7. The molecule has 1 aromatic carbocycles. The Kier molecular flexibility index (Phi) is 3.02. The summed E-state index contributed by atoms with van der Waals surface area (Å²) in [6.07, 6.45) is 2.52. The van der Waals surface area contributed by atoms with Crippen molar-refractivity contribution in [3.05, 3.63) is 34.5 Å². The third-order valence-electron chi connectivity index (χ3n) is 4.11. The summed E-state index contributed by atoms with van der Waals surface area (Å²) in [5, 5.41) is 1.90. The molecule has 0 fully saturated rings. The monoisotopic (exact) mass is 277 g/mol. The first-order valence-corrected chi connectivity index (χ1v) is 6.83. The largest absolute Gasteiger partial charge is 0.469 e. The van der Waals surface area contributed by atoms with Crippen LogP contribution in [-0.2, 0) is 29.4 Å². The van der Waals surface area contributed by atoms with Crippen LogP contribution in [0.3, 0.4) is 0 Å². The van der Waals surface area contributed by atoms with E-state index in [0.717, 1.165) is 24.3 Å². The Hall–Kier alpha value is -1.48. The molecule has 19 heavy (non-hydrogen) atoms. The molecule has 0 spiro atoms. The van der Waals surface area contributed by atoms with Gasteiger partial charge < -0.3 is 9.30 Å². The summed E-state index contributed by atoms with van der Waals surface area (Å²) in [5.41, 5.74) is 3.75. The number of methoxy groups -OCH3 is 1. The van der Waals surface area contributed by atoms with Crippen molar-refractivity contribution in [2.45, 2.75) is 19.3 Å². The van der Waals surface area contributed by atoms with Crippen LogP contribution >= 0.6 is 11.6 Å². The summed E-state index contributed by atoms with van der Waals surface area (Å²) in [7, 11) is 3.53. The third kappa shape index (κ3) is 1.93. The van der Waals surface area contributed by atoms with Crippen molar-refractivity contribution in [2.75, 3.05) is 7.11 Å². The highest BCUT2D eigenvalue weighted by molar-refractivity contribution is 6.31. The van der Waals surface area contributed by atoms with Crippen molar-refractivity contribution < 1.29 is 9.53 Å². The third-order valence-corrected chi connectivity index (χ3v) is 4.35. The highest BCUT2D eigenvalue weighted by Crippen LogP contribution is 2.35. The van der Waals surface area contributed by atoms with Gasteiger partial charge in [-0.2, -0.15) is 0 Å². The second-order valence-electron chi connectivity index (χ2n) is 5.11. The van der Waals surface area contributed by atoms with E-state index in [1.165, 1.54) is 29.3 Å². The van der Waals surface area contributed by atoms with E-state index in [0.29, 0.717) is 0 Å². The van der Waals surface area contributed by atoms with E-state index in [4.69, 9.17) is 16.3 Å². The summed E-state index contributed by atoms with van der Waals surface area (Å²) in [5.74, 6) is -0.133. The zero-order valence-corrected chi connectivity index (χ0v) is 11.8. The molecular formula is C15H16ClNO2. The minimum absolute atomic E-state index is 0.0259. The number of fused-ring (bicyclic) bond motifs is 3. The number of benzene rings is 1. The van der Waals surface area contributed by atoms with Gasteiger partial charge in [0.1, 0.15) is 0 Å². The van der Waals surface area contributed by atoms with Crippen LogP contribution in [0, 0.1) is 5.92 Å². The van der Waals surface area contributed by atoms with E-state index < -0.39 is 0 Å². The Morgan fingerprint density at radius 1 is 1.47 bits per heavy atom. The van der Waals surface area contributed by atoms with Crippen LogP contribution < -0.4 is 0 Å². The fraction of sp³-hybridized carbons (Fsp3) is 0.400. The smallest absolute Gasteiger partial charge is 0.309 e. The molecule has 0 saturated carbocycles. The fourth-order valence-corrected chi connectivity index (χ4v) is 3.29. The minimum atomic E-state index is -0.107.